The Bertz CT molecular complexity index is 1200. The van der Waals surface area contributed by atoms with Crippen LogP contribution >= 0.6 is 11.6 Å². The van der Waals surface area contributed by atoms with E-state index in [4.69, 9.17) is 11.6 Å². The lowest BCUT2D eigenvalue weighted by atomic mass is 10.0. The van der Waals surface area contributed by atoms with Crippen molar-refractivity contribution in [2.24, 2.45) is 5.92 Å². The number of amides is 1. The molecule has 3 aromatic rings. The van der Waals surface area contributed by atoms with Gasteiger partial charge in [-0.2, -0.15) is 4.31 Å². The Morgan fingerprint density at radius 3 is 2.65 bits per heavy atom. The van der Waals surface area contributed by atoms with Crippen LogP contribution in [0.2, 0.25) is 5.02 Å². The SMILES string of the molecule is CC1CCN(S(=O)(=O)c2ccc3c(ccn3CC(=O)NCc3cccc(Cl)c3)c2)CC1. The summed E-state index contributed by atoms with van der Waals surface area (Å²) in [6.45, 7) is 3.84. The zero-order valence-corrected chi connectivity index (χ0v) is 19.0. The Hall–Kier alpha value is -2.35. The van der Waals surface area contributed by atoms with Crippen LogP contribution in [0.25, 0.3) is 10.9 Å². The number of halogens is 1. The Morgan fingerprint density at radius 1 is 1.13 bits per heavy atom. The van der Waals surface area contributed by atoms with Crippen molar-refractivity contribution in [1.29, 1.82) is 0 Å². The van der Waals surface area contributed by atoms with Crippen molar-refractivity contribution >= 4 is 38.4 Å². The molecule has 0 radical (unpaired) electrons. The molecular weight excluding hydrogens is 434 g/mol. The van der Waals surface area contributed by atoms with E-state index in [9.17, 15) is 13.2 Å². The van der Waals surface area contributed by atoms with Crippen LogP contribution in [0, 0.1) is 5.92 Å². The molecule has 1 aromatic heterocycles. The highest BCUT2D eigenvalue weighted by Crippen LogP contribution is 2.26. The molecule has 0 saturated carbocycles. The number of fused-ring (bicyclic) bond motifs is 1. The molecule has 164 valence electrons. The molecule has 8 heteroatoms. The number of nitrogens with zero attached hydrogens (tertiary/aromatic N) is 2. The third kappa shape index (κ3) is 4.95. The largest absolute Gasteiger partial charge is 0.350 e. The van der Waals surface area contributed by atoms with E-state index in [0.29, 0.717) is 35.5 Å². The molecule has 1 saturated heterocycles. The van der Waals surface area contributed by atoms with E-state index in [0.717, 1.165) is 29.3 Å². The van der Waals surface area contributed by atoms with Crippen molar-refractivity contribution < 1.29 is 13.2 Å². The lowest BCUT2D eigenvalue weighted by molar-refractivity contribution is -0.121. The summed E-state index contributed by atoms with van der Waals surface area (Å²) in [4.78, 5) is 12.7. The lowest BCUT2D eigenvalue weighted by Gasteiger charge is -2.29. The molecule has 1 aliphatic heterocycles. The standard InChI is InChI=1S/C23H26ClN3O3S/c1-17-7-11-27(12-8-17)31(29,30)21-5-6-22-19(14-21)9-10-26(22)16-23(28)25-15-18-3-2-4-20(24)13-18/h2-6,9-10,13-14,17H,7-8,11-12,15-16H2,1H3,(H,25,28). The van der Waals surface area contributed by atoms with Crippen LogP contribution in [0.4, 0.5) is 0 Å². The smallest absolute Gasteiger partial charge is 0.243 e. The van der Waals surface area contributed by atoms with Crippen LogP contribution in [0.15, 0.2) is 59.6 Å². The zero-order chi connectivity index (χ0) is 22.0. The number of carbonyl (C=O) groups excluding carboxylic acids is 1. The van der Waals surface area contributed by atoms with Crippen LogP contribution < -0.4 is 5.32 Å². The minimum Gasteiger partial charge on any atom is -0.350 e. The second-order valence-electron chi connectivity index (χ2n) is 8.16. The Labute approximate surface area is 187 Å². The minimum atomic E-state index is -3.50. The molecule has 2 heterocycles. The highest BCUT2D eigenvalue weighted by atomic mass is 35.5. The third-order valence-corrected chi connectivity index (χ3v) is 7.95. The molecule has 0 aliphatic carbocycles. The van der Waals surface area contributed by atoms with Crippen LogP contribution in [-0.2, 0) is 27.9 Å². The van der Waals surface area contributed by atoms with Gasteiger partial charge in [-0.15, -0.1) is 0 Å². The molecule has 1 fully saturated rings. The van der Waals surface area contributed by atoms with Crippen LogP contribution in [0.3, 0.4) is 0 Å². The van der Waals surface area contributed by atoms with Gasteiger partial charge in [0.2, 0.25) is 15.9 Å². The molecule has 4 rings (SSSR count). The number of benzene rings is 2. The summed E-state index contributed by atoms with van der Waals surface area (Å²) in [5.74, 6) is 0.435. The maximum atomic E-state index is 13.0. The van der Waals surface area contributed by atoms with Gasteiger partial charge in [0.1, 0.15) is 6.54 Å². The molecule has 2 aromatic carbocycles. The number of sulfonamides is 1. The lowest BCUT2D eigenvalue weighted by Crippen LogP contribution is -2.37. The first-order valence-corrected chi connectivity index (χ1v) is 12.2. The number of carbonyl (C=O) groups is 1. The van der Waals surface area contributed by atoms with Crippen molar-refractivity contribution in [1.82, 2.24) is 14.2 Å². The summed E-state index contributed by atoms with van der Waals surface area (Å²) < 4.78 is 29.4. The number of nitrogens with one attached hydrogen (secondary N) is 1. The van der Waals surface area contributed by atoms with Gasteiger partial charge in [-0.25, -0.2) is 8.42 Å². The first kappa shape index (κ1) is 21.9. The van der Waals surface area contributed by atoms with Gasteiger partial charge in [0.25, 0.3) is 0 Å². The summed E-state index contributed by atoms with van der Waals surface area (Å²) in [5.41, 5.74) is 1.75. The van der Waals surface area contributed by atoms with Crippen molar-refractivity contribution in [3.05, 3.63) is 65.3 Å². The average Bonchev–Trinajstić information content (AvgIpc) is 3.15. The molecular formula is C23H26ClN3O3S. The molecule has 1 aliphatic rings. The molecule has 0 bridgehead atoms. The van der Waals surface area contributed by atoms with Gasteiger partial charge < -0.3 is 9.88 Å². The summed E-state index contributed by atoms with van der Waals surface area (Å²) >= 11 is 5.98. The summed E-state index contributed by atoms with van der Waals surface area (Å²) in [5, 5.41) is 4.32. The maximum absolute atomic E-state index is 13.0. The molecule has 0 atom stereocenters. The van der Waals surface area contributed by atoms with E-state index >= 15 is 0 Å². The normalized spacial score (nSPS) is 15.9. The van der Waals surface area contributed by atoms with E-state index in [2.05, 4.69) is 12.2 Å². The third-order valence-electron chi connectivity index (χ3n) is 5.82. The highest BCUT2D eigenvalue weighted by molar-refractivity contribution is 7.89. The number of piperidine rings is 1. The van der Waals surface area contributed by atoms with Gasteiger partial charge in [-0.05, 0) is 60.7 Å². The van der Waals surface area contributed by atoms with Gasteiger partial charge in [0.15, 0.2) is 0 Å². The topological polar surface area (TPSA) is 71.4 Å². The second-order valence-corrected chi connectivity index (χ2v) is 10.5. The Morgan fingerprint density at radius 2 is 1.90 bits per heavy atom. The average molecular weight is 460 g/mol. The summed E-state index contributed by atoms with van der Waals surface area (Å²) in [7, 11) is -3.50. The minimum absolute atomic E-state index is 0.128. The molecule has 1 amide bonds. The molecule has 0 unspecified atom stereocenters. The van der Waals surface area contributed by atoms with Crippen molar-refractivity contribution in [2.75, 3.05) is 13.1 Å². The Balaban J connectivity index is 1.45. The van der Waals surface area contributed by atoms with Crippen molar-refractivity contribution in [2.45, 2.75) is 37.8 Å². The summed E-state index contributed by atoms with van der Waals surface area (Å²) in [6.07, 6.45) is 3.59. The second kappa shape index (κ2) is 9.02. The Kier molecular flexibility index (Phi) is 6.36. The molecule has 0 spiro atoms. The van der Waals surface area contributed by atoms with E-state index in [1.54, 1.807) is 28.6 Å². The highest BCUT2D eigenvalue weighted by Gasteiger charge is 2.28. The van der Waals surface area contributed by atoms with Gasteiger partial charge >= 0.3 is 0 Å². The van der Waals surface area contributed by atoms with Gasteiger partial charge in [-0.3, -0.25) is 4.79 Å². The quantitative estimate of drug-likeness (QED) is 0.604. The van der Waals surface area contributed by atoms with E-state index in [-0.39, 0.29) is 12.5 Å². The first-order chi connectivity index (χ1) is 14.8. The first-order valence-electron chi connectivity index (χ1n) is 10.4. The van der Waals surface area contributed by atoms with E-state index in [1.807, 2.05) is 35.0 Å². The number of rotatable bonds is 6. The van der Waals surface area contributed by atoms with E-state index < -0.39 is 10.0 Å². The van der Waals surface area contributed by atoms with Gasteiger partial charge in [0.05, 0.1) is 4.90 Å². The number of aromatic nitrogens is 1. The van der Waals surface area contributed by atoms with Crippen LogP contribution in [0.1, 0.15) is 25.3 Å². The maximum Gasteiger partial charge on any atom is 0.243 e. The van der Waals surface area contributed by atoms with Gasteiger partial charge in [0, 0.05) is 41.8 Å². The molecule has 31 heavy (non-hydrogen) atoms. The van der Waals surface area contributed by atoms with E-state index in [1.165, 1.54) is 0 Å². The number of hydrogen-bond acceptors (Lipinski definition) is 3. The zero-order valence-electron chi connectivity index (χ0n) is 17.4. The molecule has 6 nitrogen and oxygen atoms in total. The fourth-order valence-electron chi connectivity index (χ4n) is 3.91. The monoisotopic (exact) mass is 459 g/mol. The fraction of sp³-hybridized carbons (Fsp3) is 0.348. The van der Waals surface area contributed by atoms with Crippen LogP contribution in [0.5, 0.6) is 0 Å². The molecule has 1 N–H and O–H groups in total. The predicted octanol–water partition coefficient (Wildman–Crippen LogP) is 4.03. The predicted molar refractivity (Wildman–Crippen MR) is 122 cm³/mol. The van der Waals surface area contributed by atoms with Crippen LogP contribution in [-0.4, -0.2) is 36.3 Å². The fourth-order valence-corrected chi connectivity index (χ4v) is 5.63. The van der Waals surface area contributed by atoms with Crippen molar-refractivity contribution in [3.63, 3.8) is 0 Å². The summed E-state index contributed by atoms with van der Waals surface area (Å²) in [6, 6.07) is 14.3. The van der Waals surface area contributed by atoms with Crippen molar-refractivity contribution in [3.8, 4) is 0 Å². The van der Waals surface area contributed by atoms with Gasteiger partial charge in [-0.1, -0.05) is 30.7 Å². The number of hydrogen-bond donors (Lipinski definition) is 1.